The number of nitrogens with one attached hydrogen (secondary N) is 1. The van der Waals surface area contributed by atoms with Gasteiger partial charge in [0.15, 0.2) is 5.58 Å². The molecule has 0 radical (unpaired) electrons. The molecule has 1 aliphatic heterocycles. The van der Waals surface area contributed by atoms with E-state index in [-0.39, 0.29) is 11.8 Å². The van der Waals surface area contributed by atoms with Crippen molar-refractivity contribution in [3.05, 3.63) is 48.5 Å². The van der Waals surface area contributed by atoms with Crippen LogP contribution < -0.4 is 10.2 Å². The third-order valence-electron chi connectivity index (χ3n) is 5.76. The van der Waals surface area contributed by atoms with E-state index in [0.29, 0.717) is 12.0 Å². The second-order valence-corrected chi connectivity index (χ2v) is 7.79. The number of aromatic nitrogens is 3. The van der Waals surface area contributed by atoms with Gasteiger partial charge >= 0.3 is 0 Å². The Kier molecular flexibility index (Phi) is 4.86. The molecule has 1 saturated heterocycles. The second kappa shape index (κ2) is 7.82. The van der Waals surface area contributed by atoms with Gasteiger partial charge in [0.25, 0.3) is 6.01 Å². The van der Waals surface area contributed by atoms with E-state index in [0.717, 1.165) is 61.0 Å². The minimum absolute atomic E-state index is 0.0412. The molecule has 1 aliphatic rings. The molecule has 154 valence electrons. The highest BCUT2D eigenvalue weighted by molar-refractivity contribution is 5.93. The maximum atomic E-state index is 13.0. The maximum absolute atomic E-state index is 13.0. The number of aryl methyl sites for hydroxylation is 1. The number of rotatable bonds is 5. The first-order chi connectivity index (χ1) is 14.7. The monoisotopic (exact) mass is 403 g/mol. The van der Waals surface area contributed by atoms with E-state index >= 15 is 0 Å². The molecule has 30 heavy (non-hydrogen) atoms. The van der Waals surface area contributed by atoms with E-state index in [2.05, 4.69) is 31.7 Å². The lowest BCUT2D eigenvalue weighted by Crippen LogP contribution is -2.38. The molecule has 7 heteroatoms. The fraction of sp³-hybridized carbons (Fsp3) is 0.348. The van der Waals surface area contributed by atoms with E-state index in [1.54, 1.807) is 0 Å². The lowest BCUT2D eigenvalue weighted by molar-refractivity contribution is -0.120. The average molecular weight is 403 g/mol. The van der Waals surface area contributed by atoms with Crippen LogP contribution in [0.15, 0.2) is 52.9 Å². The smallest absolute Gasteiger partial charge is 0.298 e. The molecule has 0 bridgehead atoms. The highest BCUT2D eigenvalue weighted by Crippen LogP contribution is 2.27. The lowest BCUT2D eigenvalue weighted by Gasteiger charge is -2.30. The molecule has 2 aromatic carbocycles. The first-order valence-electron chi connectivity index (χ1n) is 10.6. The summed E-state index contributed by atoms with van der Waals surface area (Å²) in [6.07, 6.45) is 2.50. The van der Waals surface area contributed by atoms with E-state index in [1.165, 1.54) is 0 Å². The Bertz CT molecular complexity index is 1150. The van der Waals surface area contributed by atoms with Crippen molar-refractivity contribution in [1.29, 1.82) is 0 Å². The normalized spacial score (nSPS) is 15.2. The summed E-state index contributed by atoms with van der Waals surface area (Å²) in [6, 6.07) is 16.4. The van der Waals surface area contributed by atoms with Crippen LogP contribution in [0.25, 0.3) is 22.1 Å². The third kappa shape index (κ3) is 3.40. The first kappa shape index (κ1) is 18.7. The molecule has 0 aliphatic carbocycles. The number of fused-ring (bicyclic) bond motifs is 2. The summed E-state index contributed by atoms with van der Waals surface area (Å²) in [7, 11) is 0. The third-order valence-corrected chi connectivity index (χ3v) is 5.76. The summed E-state index contributed by atoms with van der Waals surface area (Å²) in [5.74, 6) is 0.643. The van der Waals surface area contributed by atoms with E-state index < -0.39 is 0 Å². The van der Waals surface area contributed by atoms with Crippen LogP contribution in [-0.2, 0) is 11.3 Å². The molecule has 2 aromatic heterocycles. The summed E-state index contributed by atoms with van der Waals surface area (Å²) in [5, 5.41) is 3.09. The van der Waals surface area contributed by atoms with Crippen LogP contribution in [0.4, 0.5) is 12.0 Å². The zero-order valence-electron chi connectivity index (χ0n) is 17.0. The van der Waals surface area contributed by atoms with Gasteiger partial charge in [0.05, 0.1) is 11.0 Å². The minimum atomic E-state index is -0.0412. The summed E-state index contributed by atoms with van der Waals surface area (Å²) in [6.45, 7) is 4.45. The number of carbonyl (C=O) groups excluding carboxylic acids is 1. The molecule has 3 heterocycles. The molecule has 4 aromatic rings. The number of carbonyl (C=O) groups is 1. The Hall–Kier alpha value is -3.35. The number of piperidine rings is 1. The van der Waals surface area contributed by atoms with Crippen LogP contribution in [-0.4, -0.2) is 33.5 Å². The number of amides is 1. The average Bonchev–Trinajstić information content (AvgIpc) is 3.36. The van der Waals surface area contributed by atoms with Gasteiger partial charge in [-0.2, -0.15) is 4.98 Å². The predicted octanol–water partition coefficient (Wildman–Crippen LogP) is 4.44. The summed E-state index contributed by atoms with van der Waals surface area (Å²) >= 11 is 0. The number of benzene rings is 2. The molecule has 1 fully saturated rings. The molecule has 5 rings (SSSR count). The van der Waals surface area contributed by atoms with Gasteiger partial charge in [0, 0.05) is 25.6 Å². The molecule has 0 atom stereocenters. The fourth-order valence-corrected chi connectivity index (χ4v) is 4.16. The van der Waals surface area contributed by atoms with Gasteiger partial charge in [-0.25, -0.2) is 4.98 Å². The Balaban J connectivity index is 1.27. The summed E-state index contributed by atoms with van der Waals surface area (Å²) < 4.78 is 7.97. The predicted molar refractivity (Wildman–Crippen MR) is 118 cm³/mol. The Labute approximate surface area is 174 Å². The number of hydrogen-bond donors (Lipinski definition) is 1. The molecular formula is C23H25N5O2. The summed E-state index contributed by atoms with van der Waals surface area (Å²) in [5.41, 5.74) is 3.62. The first-order valence-corrected chi connectivity index (χ1v) is 10.6. The van der Waals surface area contributed by atoms with Gasteiger partial charge in [-0.15, -0.1) is 0 Å². The fourth-order valence-electron chi connectivity index (χ4n) is 4.16. The maximum Gasteiger partial charge on any atom is 0.298 e. The van der Waals surface area contributed by atoms with Gasteiger partial charge < -0.3 is 13.9 Å². The van der Waals surface area contributed by atoms with Crippen molar-refractivity contribution in [2.45, 2.75) is 32.7 Å². The molecule has 1 N–H and O–H groups in total. The number of anilines is 2. The number of imidazole rings is 1. The summed E-state index contributed by atoms with van der Waals surface area (Å²) in [4.78, 5) is 24.3. The van der Waals surface area contributed by atoms with E-state index in [9.17, 15) is 4.79 Å². The number of hydrogen-bond acceptors (Lipinski definition) is 5. The number of oxazole rings is 1. The topological polar surface area (TPSA) is 76.2 Å². The van der Waals surface area contributed by atoms with Crippen molar-refractivity contribution < 1.29 is 9.21 Å². The van der Waals surface area contributed by atoms with Crippen LogP contribution in [0.3, 0.4) is 0 Å². The van der Waals surface area contributed by atoms with Crippen LogP contribution in [0.5, 0.6) is 0 Å². The van der Waals surface area contributed by atoms with Crippen molar-refractivity contribution in [3.63, 3.8) is 0 Å². The van der Waals surface area contributed by atoms with Crippen molar-refractivity contribution in [3.8, 4) is 0 Å². The van der Waals surface area contributed by atoms with Crippen LogP contribution >= 0.6 is 0 Å². The van der Waals surface area contributed by atoms with Crippen LogP contribution in [0.1, 0.15) is 26.2 Å². The highest BCUT2D eigenvalue weighted by Gasteiger charge is 2.28. The largest absolute Gasteiger partial charge is 0.423 e. The van der Waals surface area contributed by atoms with Crippen molar-refractivity contribution >= 4 is 40.0 Å². The number of para-hydroxylation sites is 4. The second-order valence-electron chi connectivity index (χ2n) is 7.79. The van der Waals surface area contributed by atoms with Gasteiger partial charge in [-0.1, -0.05) is 31.2 Å². The minimum Gasteiger partial charge on any atom is -0.423 e. The van der Waals surface area contributed by atoms with Crippen LogP contribution in [0, 0.1) is 5.92 Å². The number of nitrogens with zero attached hydrogens (tertiary/aromatic N) is 4. The quantitative estimate of drug-likeness (QED) is 0.533. The van der Waals surface area contributed by atoms with Gasteiger partial charge in [-0.3, -0.25) is 10.1 Å². The highest BCUT2D eigenvalue weighted by atomic mass is 16.4. The molecule has 1 amide bonds. The van der Waals surface area contributed by atoms with Crippen molar-refractivity contribution in [2.75, 3.05) is 23.3 Å². The van der Waals surface area contributed by atoms with Gasteiger partial charge in [0.1, 0.15) is 5.52 Å². The zero-order valence-corrected chi connectivity index (χ0v) is 17.0. The van der Waals surface area contributed by atoms with E-state index in [1.807, 2.05) is 48.5 Å². The Morgan fingerprint density at radius 2 is 1.80 bits per heavy atom. The van der Waals surface area contributed by atoms with E-state index in [4.69, 9.17) is 4.42 Å². The zero-order chi connectivity index (χ0) is 20.5. The van der Waals surface area contributed by atoms with Crippen molar-refractivity contribution in [2.24, 2.45) is 5.92 Å². The molecule has 7 nitrogen and oxygen atoms in total. The Morgan fingerprint density at radius 1 is 1.07 bits per heavy atom. The molecule has 0 unspecified atom stereocenters. The molecular weight excluding hydrogens is 378 g/mol. The van der Waals surface area contributed by atoms with Gasteiger partial charge in [0.2, 0.25) is 11.9 Å². The molecule has 0 saturated carbocycles. The lowest BCUT2D eigenvalue weighted by atomic mass is 9.96. The standard InChI is InChI=1S/C23H25N5O2/c1-2-13-28-19-9-5-3-7-17(19)24-22(28)26-21(29)16-11-14-27(15-12-16)23-25-18-8-4-6-10-20(18)30-23/h3-10,16H,2,11-15H2,1H3,(H,24,26,29). The van der Waals surface area contributed by atoms with Gasteiger partial charge in [-0.05, 0) is 43.5 Å². The Morgan fingerprint density at radius 3 is 2.57 bits per heavy atom. The van der Waals surface area contributed by atoms with Crippen LogP contribution in [0.2, 0.25) is 0 Å². The van der Waals surface area contributed by atoms with Crippen molar-refractivity contribution in [1.82, 2.24) is 14.5 Å². The SMILES string of the molecule is CCCn1c(NC(=O)C2CCN(c3nc4ccccc4o3)CC2)nc2ccccc21. The molecule has 0 spiro atoms.